The van der Waals surface area contributed by atoms with E-state index in [1.54, 1.807) is 12.1 Å². The fourth-order valence-electron chi connectivity index (χ4n) is 1.47. The Bertz CT molecular complexity index is 653. The van der Waals surface area contributed by atoms with Crippen LogP contribution in [0.15, 0.2) is 36.4 Å². The monoisotopic (exact) mass is 289 g/mol. The van der Waals surface area contributed by atoms with Gasteiger partial charge < -0.3 is 17.2 Å². The lowest BCUT2D eigenvalue weighted by atomic mass is 10.2. The molecule has 8 heteroatoms. The quantitative estimate of drug-likeness (QED) is 0.572. The molecular weight excluding hydrogens is 278 g/mol. The number of aromatic nitrogens is 4. The van der Waals surface area contributed by atoms with Crippen LogP contribution in [0.1, 0.15) is 0 Å². The summed E-state index contributed by atoms with van der Waals surface area (Å²) in [5.41, 5.74) is 16.4. The number of halogens is 1. The van der Waals surface area contributed by atoms with Gasteiger partial charge in [0, 0.05) is 10.8 Å². The van der Waals surface area contributed by atoms with E-state index in [1.165, 1.54) is 0 Å². The van der Waals surface area contributed by atoms with E-state index in [0.29, 0.717) is 22.6 Å². The average Bonchev–Trinajstić information content (AvgIpc) is 2.47. The van der Waals surface area contributed by atoms with Crippen LogP contribution in [0.2, 0.25) is 5.15 Å². The van der Waals surface area contributed by atoms with E-state index in [-0.39, 0.29) is 0 Å². The number of nitrogens with two attached hydrogens (primary N) is 3. The molecule has 0 aliphatic rings. The molecule has 0 saturated carbocycles. The third kappa shape index (κ3) is 3.21. The first kappa shape index (κ1) is 13.8. The maximum absolute atomic E-state index is 5.60. The van der Waals surface area contributed by atoms with Gasteiger partial charge in [-0.2, -0.15) is 0 Å². The molecule has 20 heavy (non-hydrogen) atoms. The SMILES string of the molecule is Nc1ccc(Cl)nn1.Nc1nnc(N)c2ccccc12. The van der Waals surface area contributed by atoms with Gasteiger partial charge in [0.2, 0.25) is 0 Å². The van der Waals surface area contributed by atoms with Crippen LogP contribution in [-0.2, 0) is 0 Å². The van der Waals surface area contributed by atoms with Crippen molar-refractivity contribution in [3.8, 4) is 0 Å². The Labute approximate surface area is 119 Å². The zero-order valence-electron chi connectivity index (χ0n) is 10.4. The second kappa shape index (κ2) is 5.98. The molecule has 0 atom stereocenters. The normalized spacial score (nSPS) is 9.85. The van der Waals surface area contributed by atoms with Crippen LogP contribution >= 0.6 is 11.6 Å². The van der Waals surface area contributed by atoms with Crippen molar-refractivity contribution in [2.45, 2.75) is 0 Å². The molecule has 0 fully saturated rings. The lowest BCUT2D eigenvalue weighted by molar-refractivity contribution is 1.04. The maximum atomic E-state index is 5.60. The Morgan fingerprint density at radius 1 is 0.700 bits per heavy atom. The highest BCUT2D eigenvalue weighted by atomic mass is 35.5. The number of fused-ring (bicyclic) bond motifs is 1. The molecule has 0 saturated heterocycles. The highest BCUT2D eigenvalue weighted by molar-refractivity contribution is 6.29. The summed E-state index contributed by atoms with van der Waals surface area (Å²) in [6, 6.07) is 10.7. The van der Waals surface area contributed by atoms with Gasteiger partial charge in [0.1, 0.15) is 5.82 Å². The highest BCUT2D eigenvalue weighted by Gasteiger charge is 2.01. The summed E-state index contributed by atoms with van der Waals surface area (Å²) < 4.78 is 0. The van der Waals surface area contributed by atoms with Crippen LogP contribution in [0.4, 0.5) is 17.5 Å². The smallest absolute Gasteiger partial charge is 0.154 e. The van der Waals surface area contributed by atoms with Gasteiger partial charge in [0.05, 0.1) is 0 Å². The first-order valence-electron chi connectivity index (χ1n) is 5.59. The van der Waals surface area contributed by atoms with Crippen molar-refractivity contribution in [2.75, 3.05) is 17.2 Å². The molecule has 7 nitrogen and oxygen atoms in total. The summed E-state index contributed by atoms with van der Waals surface area (Å²) in [7, 11) is 0. The fourth-order valence-corrected chi connectivity index (χ4v) is 1.57. The van der Waals surface area contributed by atoms with Crippen LogP contribution in [0.3, 0.4) is 0 Å². The van der Waals surface area contributed by atoms with E-state index in [0.717, 1.165) is 10.8 Å². The Morgan fingerprint density at radius 2 is 1.25 bits per heavy atom. The Morgan fingerprint density at radius 3 is 1.65 bits per heavy atom. The average molecular weight is 290 g/mol. The van der Waals surface area contributed by atoms with Gasteiger partial charge in [-0.25, -0.2) is 0 Å². The van der Waals surface area contributed by atoms with Crippen LogP contribution in [0.25, 0.3) is 10.8 Å². The zero-order chi connectivity index (χ0) is 14.5. The molecule has 0 spiro atoms. The number of nitrogens with zero attached hydrogens (tertiary/aromatic N) is 4. The van der Waals surface area contributed by atoms with Crippen molar-refractivity contribution in [3.05, 3.63) is 41.6 Å². The standard InChI is InChI=1S/C8H8N4.C4H4ClN3/c9-7-5-3-1-2-4-6(5)8(10)12-11-7;5-3-1-2-4(6)8-7-3/h1-4H,(H2,9,11)(H2,10,12);1-2H,(H2,6,8). The van der Waals surface area contributed by atoms with Crippen LogP contribution < -0.4 is 17.2 Å². The van der Waals surface area contributed by atoms with Crippen molar-refractivity contribution in [2.24, 2.45) is 0 Å². The van der Waals surface area contributed by atoms with Crippen LogP contribution in [0.5, 0.6) is 0 Å². The molecule has 3 aromatic rings. The summed E-state index contributed by atoms with van der Waals surface area (Å²) in [5.74, 6) is 1.22. The summed E-state index contributed by atoms with van der Waals surface area (Å²) >= 11 is 5.38. The minimum absolute atomic E-state index is 0.360. The molecule has 1 aromatic carbocycles. The van der Waals surface area contributed by atoms with E-state index in [4.69, 9.17) is 28.8 Å². The molecule has 0 bridgehead atoms. The van der Waals surface area contributed by atoms with Crippen molar-refractivity contribution >= 4 is 39.8 Å². The van der Waals surface area contributed by atoms with Crippen molar-refractivity contribution in [3.63, 3.8) is 0 Å². The molecule has 6 N–H and O–H groups in total. The van der Waals surface area contributed by atoms with Crippen LogP contribution in [0, 0.1) is 0 Å². The van der Waals surface area contributed by atoms with Gasteiger partial charge in [-0.1, -0.05) is 35.9 Å². The number of anilines is 3. The number of hydrogen-bond donors (Lipinski definition) is 3. The molecule has 2 heterocycles. The van der Waals surface area contributed by atoms with Crippen molar-refractivity contribution in [1.29, 1.82) is 0 Å². The minimum atomic E-state index is 0.360. The topological polar surface area (TPSA) is 130 Å². The van der Waals surface area contributed by atoms with Gasteiger partial charge >= 0.3 is 0 Å². The van der Waals surface area contributed by atoms with Crippen LogP contribution in [-0.4, -0.2) is 20.4 Å². The minimum Gasteiger partial charge on any atom is -0.382 e. The number of nitrogen functional groups attached to an aromatic ring is 3. The third-order valence-corrected chi connectivity index (χ3v) is 2.60. The fraction of sp³-hybridized carbons (Fsp3) is 0. The lowest BCUT2D eigenvalue weighted by Crippen LogP contribution is -1.99. The summed E-state index contributed by atoms with van der Waals surface area (Å²) in [5, 5.41) is 16.4. The number of hydrogen-bond acceptors (Lipinski definition) is 7. The molecule has 0 aliphatic carbocycles. The van der Waals surface area contributed by atoms with E-state index in [2.05, 4.69) is 20.4 Å². The van der Waals surface area contributed by atoms with E-state index < -0.39 is 0 Å². The Hall–Kier alpha value is -2.67. The first-order chi connectivity index (χ1) is 9.58. The van der Waals surface area contributed by atoms with E-state index >= 15 is 0 Å². The van der Waals surface area contributed by atoms with Gasteiger partial charge in [0.25, 0.3) is 0 Å². The van der Waals surface area contributed by atoms with Crippen molar-refractivity contribution in [1.82, 2.24) is 20.4 Å². The molecular formula is C12H12ClN7. The summed E-state index contributed by atoms with van der Waals surface area (Å²) in [6.45, 7) is 0. The Balaban J connectivity index is 0.000000160. The molecule has 102 valence electrons. The summed E-state index contributed by atoms with van der Waals surface area (Å²) in [6.07, 6.45) is 0. The van der Waals surface area contributed by atoms with Gasteiger partial charge in [0.15, 0.2) is 16.8 Å². The second-order valence-electron chi connectivity index (χ2n) is 3.80. The number of benzene rings is 1. The van der Waals surface area contributed by atoms with Crippen molar-refractivity contribution < 1.29 is 0 Å². The zero-order valence-corrected chi connectivity index (χ0v) is 11.1. The lowest BCUT2D eigenvalue weighted by Gasteiger charge is -2.00. The molecule has 0 unspecified atom stereocenters. The van der Waals surface area contributed by atoms with E-state index in [1.807, 2.05) is 24.3 Å². The molecule has 2 aromatic heterocycles. The number of rotatable bonds is 0. The highest BCUT2D eigenvalue weighted by Crippen LogP contribution is 2.21. The van der Waals surface area contributed by atoms with Gasteiger partial charge in [-0.3, -0.25) is 0 Å². The molecule has 3 rings (SSSR count). The van der Waals surface area contributed by atoms with Gasteiger partial charge in [-0.15, -0.1) is 20.4 Å². The molecule has 0 amide bonds. The molecule has 0 aliphatic heterocycles. The summed E-state index contributed by atoms with van der Waals surface area (Å²) in [4.78, 5) is 0. The molecule has 0 radical (unpaired) electrons. The predicted molar refractivity (Wildman–Crippen MR) is 79.8 cm³/mol. The van der Waals surface area contributed by atoms with E-state index in [9.17, 15) is 0 Å². The van der Waals surface area contributed by atoms with Gasteiger partial charge in [-0.05, 0) is 12.1 Å². The Kier molecular flexibility index (Phi) is 4.11. The first-order valence-corrected chi connectivity index (χ1v) is 5.97. The maximum Gasteiger partial charge on any atom is 0.154 e. The second-order valence-corrected chi connectivity index (χ2v) is 4.18. The largest absolute Gasteiger partial charge is 0.382 e. The third-order valence-electron chi connectivity index (χ3n) is 2.40. The predicted octanol–water partition coefficient (Wildman–Crippen LogP) is 1.51.